The zero-order chi connectivity index (χ0) is 22.3. The van der Waals surface area contributed by atoms with Gasteiger partial charge in [0.2, 0.25) is 0 Å². The number of hydrogen-bond acceptors (Lipinski definition) is 3. The topological polar surface area (TPSA) is 52.7 Å². The largest absolute Gasteiger partial charge is 0.323 e. The second-order valence-corrected chi connectivity index (χ2v) is 9.20. The summed E-state index contributed by atoms with van der Waals surface area (Å²) < 4.78 is 13.3. The summed E-state index contributed by atoms with van der Waals surface area (Å²) in [6.07, 6.45) is 0. The molecule has 0 radical (unpaired) electrons. The first-order valence-electron chi connectivity index (χ1n) is 10.4. The highest BCUT2D eigenvalue weighted by Crippen LogP contribution is 2.54. The maximum Gasteiger partial charge on any atom is 0.323 e. The third-order valence-corrected chi connectivity index (χ3v) is 7.45. The molecule has 1 atom stereocenters. The summed E-state index contributed by atoms with van der Waals surface area (Å²) in [7, 11) is 0. The summed E-state index contributed by atoms with van der Waals surface area (Å²) in [5.74, 6) is 0.163. The second kappa shape index (κ2) is 7.98. The number of hydrogen-bond donors (Lipinski definition) is 1. The lowest BCUT2D eigenvalue weighted by molar-refractivity contribution is -0.123. The van der Waals surface area contributed by atoms with E-state index in [-0.39, 0.29) is 17.8 Å². The fourth-order valence-electron chi connectivity index (χ4n) is 4.41. The van der Waals surface area contributed by atoms with Gasteiger partial charge in [0.05, 0.1) is 12.2 Å². The molecule has 1 saturated heterocycles. The Hall–Kier alpha value is -3.32. The van der Waals surface area contributed by atoms with Crippen LogP contribution in [0.1, 0.15) is 16.7 Å². The van der Waals surface area contributed by atoms with Crippen LogP contribution >= 0.6 is 11.8 Å². The maximum atomic E-state index is 13.9. The van der Waals surface area contributed by atoms with Crippen LogP contribution in [0.2, 0.25) is 0 Å². The molecule has 0 aliphatic carbocycles. The Kier molecular flexibility index (Phi) is 5.13. The molecule has 3 amide bonds. The molecule has 5 rings (SSSR count). The van der Waals surface area contributed by atoms with Gasteiger partial charge in [-0.05, 0) is 48.4 Å². The summed E-state index contributed by atoms with van der Waals surface area (Å²) in [5.41, 5.74) is 4.32. The van der Waals surface area contributed by atoms with Gasteiger partial charge in [0.1, 0.15) is 5.82 Å². The number of carbonyl (C=O) groups is 2. The fraction of sp³-hybridized carbons (Fsp3) is 0.200. The van der Waals surface area contributed by atoms with E-state index in [9.17, 15) is 14.0 Å². The van der Waals surface area contributed by atoms with Crippen LogP contribution in [0.4, 0.5) is 20.6 Å². The number of aryl methyl sites for hydroxylation is 1. The van der Waals surface area contributed by atoms with Crippen molar-refractivity contribution in [1.82, 2.24) is 4.90 Å². The highest BCUT2D eigenvalue weighted by Gasteiger charge is 2.59. The van der Waals surface area contributed by atoms with Crippen molar-refractivity contribution in [2.45, 2.75) is 18.3 Å². The van der Waals surface area contributed by atoms with Crippen molar-refractivity contribution in [2.75, 3.05) is 22.5 Å². The first kappa shape index (κ1) is 20.6. The summed E-state index contributed by atoms with van der Waals surface area (Å²) in [4.78, 5) is 29.5. The van der Waals surface area contributed by atoms with E-state index in [1.165, 1.54) is 36.0 Å². The second-order valence-electron chi connectivity index (χ2n) is 7.92. The average molecular weight is 448 g/mol. The molecule has 5 nitrogen and oxygen atoms in total. The molecule has 0 saturated carbocycles. The highest BCUT2D eigenvalue weighted by atomic mass is 32.2. The zero-order valence-electron chi connectivity index (χ0n) is 17.5. The molecule has 1 spiro atoms. The lowest BCUT2D eigenvalue weighted by atomic mass is 10.1. The third kappa shape index (κ3) is 3.24. The van der Waals surface area contributed by atoms with Crippen molar-refractivity contribution in [3.05, 3.63) is 95.3 Å². The van der Waals surface area contributed by atoms with E-state index in [4.69, 9.17) is 0 Å². The number of carbonyl (C=O) groups excluding carboxylic acids is 2. The zero-order valence-corrected chi connectivity index (χ0v) is 18.4. The molecule has 0 unspecified atom stereocenters. The molecule has 2 heterocycles. The number of nitrogens with zero attached hydrogens (tertiary/aromatic N) is 2. The number of fused-ring (bicyclic) bond motifs is 2. The number of amides is 3. The Balaban J connectivity index is 1.51. The summed E-state index contributed by atoms with van der Waals surface area (Å²) in [5, 5.41) is 2.82. The van der Waals surface area contributed by atoms with Crippen molar-refractivity contribution in [2.24, 2.45) is 0 Å². The highest BCUT2D eigenvalue weighted by molar-refractivity contribution is 8.01. The van der Waals surface area contributed by atoms with E-state index in [0.29, 0.717) is 24.5 Å². The van der Waals surface area contributed by atoms with Crippen LogP contribution in [0.25, 0.3) is 0 Å². The van der Waals surface area contributed by atoms with E-state index in [2.05, 4.69) is 5.32 Å². The van der Waals surface area contributed by atoms with Crippen molar-refractivity contribution in [1.29, 1.82) is 0 Å². The van der Waals surface area contributed by atoms with E-state index in [0.717, 1.165) is 22.4 Å². The molecule has 1 fully saturated rings. The average Bonchev–Trinajstić information content (AvgIpc) is 3.34. The molecule has 2 aliphatic heterocycles. The Bertz CT molecular complexity index is 1200. The van der Waals surface area contributed by atoms with Gasteiger partial charge in [-0.15, -0.1) is 11.8 Å². The van der Waals surface area contributed by atoms with Crippen LogP contribution in [0.15, 0.2) is 72.8 Å². The Labute approximate surface area is 190 Å². The lowest BCUT2D eigenvalue weighted by Gasteiger charge is -2.33. The number of rotatable bonds is 3. The minimum Gasteiger partial charge on any atom is -0.308 e. The number of halogens is 1. The summed E-state index contributed by atoms with van der Waals surface area (Å²) in [6, 6.07) is 20.9. The van der Waals surface area contributed by atoms with E-state index >= 15 is 0 Å². The van der Waals surface area contributed by atoms with Gasteiger partial charge in [-0.25, -0.2) is 9.18 Å². The molecule has 0 bridgehead atoms. The van der Waals surface area contributed by atoms with Gasteiger partial charge in [0.25, 0.3) is 5.91 Å². The normalized spacial score (nSPS) is 19.5. The van der Waals surface area contributed by atoms with E-state index < -0.39 is 4.87 Å². The molecule has 3 aromatic rings. The molecule has 7 heteroatoms. The smallest absolute Gasteiger partial charge is 0.308 e. The van der Waals surface area contributed by atoms with E-state index in [1.54, 1.807) is 9.80 Å². The van der Waals surface area contributed by atoms with Gasteiger partial charge >= 0.3 is 6.03 Å². The van der Waals surface area contributed by atoms with Crippen LogP contribution in [0, 0.1) is 12.7 Å². The Morgan fingerprint density at radius 1 is 1.06 bits per heavy atom. The molecule has 2 aliphatic rings. The third-order valence-electron chi connectivity index (χ3n) is 6.03. The fourth-order valence-corrected chi connectivity index (χ4v) is 5.87. The van der Waals surface area contributed by atoms with Crippen molar-refractivity contribution < 1.29 is 14.0 Å². The number of nitrogens with one attached hydrogen (secondary N) is 1. The minimum absolute atomic E-state index is 0.112. The summed E-state index contributed by atoms with van der Waals surface area (Å²) in [6.45, 7) is 2.92. The molecule has 162 valence electrons. The molecular formula is C25H22FN3O2S. The van der Waals surface area contributed by atoms with Gasteiger partial charge in [-0.2, -0.15) is 0 Å². The monoisotopic (exact) mass is 447 g/mol. The van der Waals surface area contributed by atoms with Crippen LogP contribution in [0.3, 0.4) is 0 Å². The lowest BCUT2D eigenvalue weighted by Crippen LogP contribution is -2.51. The summed E-state index contributed by atoms with van der Waals surface area (Å²) >= 11 is 1.48. The van der Waals surface area contributed by atoms with Crippen LogP contribution in [-0.4, -0.2) is 29.1 Å². The van der Waals surface area contributed by atoms with Crippen molar-refractivity contribution >= 4 is 35.1 Å². The van der Waals surface area contributed by atoms with Crippen molar-refractivity contribution in [3.8, 4) is 0 Å². The maximum absolute atomic E-state index is 13.9. The molecule has 3 aromatic carbocycles. The van der Waals surface area contributed by atoms with Gasteiger partial charge < -0.3 is 10.2 Å². The van der Waals surface area contributed by atoms with E-state index in [1.807, 2.05) is 55.5 Å². The molecular weight excluding hydrogens is 425 g/mol. The molecule has 32 heavy (non-hydrogen) atoms. The minimum atomic E-state index is -1.11. The van der Waals surface area contributed by atoms with Gasteiger partial charge in [0.15, 0.2) is 4.87 Å². The molecule has 0 aromatic heterocycles. The van der Waals surface area contributed by atoms with Crippen LogP contribution in [0.5, 0.6) is 0 Å². The van der Waals surface area contributed by atoms with Crippen LogP contribution < -0.4 is 10.2 Å². The first-order valence-corrected chi connectivity index (χ1v) is 11.4. The standard InChI is InChI=1S/C25H22FN3O2S/c1-17-6-2-3-7-18(17)16-28-22-9-5-4-8-21(22)25(23(28)30)29(14-15-32-25)24(31)27-20-12-10-19(26)11-13-20/h2-13H,14-16H2,1H3,(H,27,31)/t25-/m1/s1. The number of thioether (sulfide) groups is 1. The predicted octanol–water partition coefficient (Wildman–Crippen LogP) is 5.11. The SMILES string of the molecule is Cc1ccccc1CN1C(=O)[C@]2(SCCN2C(=O)Nc2ccc(F)cc2)c2ccccc21. The quantitative estimate of drug-likeness (QED) is 0.607. The number of benzene rings is 3. The predicted molar refractivity (Wildman–Crippen MR) is 125 cm³/mol. The molecule has 1 N–H and O–H groups in total. The number of para-hydroxylation sites is 1. The van der Waals surface area contributed by atoms with Gasteiger partial charge in [-0.3, -0.25) is 9.69 Å². The van der Waals surface area contributed by atoms with Gasteiger partial charge in [-0.1, -0.05) is 42.5 Å². The van der Waals surface area contributed by atoms with Crippen LogP contribution in [-0.2, 0) is 16.2 Å². The number of urea groups is 1. The first-order chi connectivity index (χ1) is 15.5. The Morgan fingerprint density at radius 3 is 2.56 bits per heavy atom. The number of anilines is 2. The van der Waals surface area contributed by atoms with Crippen molar-refractivity contribution in [3.63, 3.8) is 0 Å². The Morgan fingerprint density at radius 2 is 1.78 bits per heavy atom. The van der Waals surface area contributed by atoms with Gasteiger partial charge in [0, 0.05) is 23.5 Å².